The third-order valence-electron chi connectivity index (χ3n) is 6.04. The van der Waals surface area contributed by atoms with Crippen LogP contribution in [0.3, 0.4) is 0 Å². The summed E-state index contributed by atoms with van der Waals surface area (Å²) in [4.78, 5) is 17.2. The Balaban J connectivity index is 1.22. The Hall–Kier alpha value is -3.31. The van der Waals surface area contributed by atoms with E-state index in [0.29, 0.717) is 13.2 Å². The lowest BCUT2D eigenvalue weighted by Crippen LogP contribution is -2.48. The number of carbonyl (C=O) groups excluding carboxylic acids is 1. The molecule has 166 valence electrons. The Labute approximate surface area is 190 Å². The Morgan fingerprint density at radius 1 is 0.875 bits per heavy atom. The lowest BCUT2D eigenvalue weighted by Gasteiger charge is -2.36. The molecule has 3 aromatic rings. The molecule has 1 N–H and O–H groups in total. The van der Waals surface area contributed by atoms with Gasteiger partial charge in [0.25, 0.3) is 0 Å². The molecule has 0 atom stereocenters. The van der Waals surface area contributed by atoms with Crippen LogP contribution in [0.15, 0.2) is 72.8 Å². The summed E-state index contributed by atoms with van der Waals surface area (Å²) >= 11 is 0. The van der Waals surface area contributed by atoms with Crippen LogP contribution in [-0.4, -0.2) is 43.5 Å². The van der Waals surface area contributed by atoms with Crippen molar-refractivity contribution in [1.29, 1.82) is 0 Å². The number of hydrogen-bond donors (Lipinski definition) is 1. The molecule has 1 fully saturated rings. The molecule has 4 rings (SSSR count). The lowest BCUT2D eigenvalue weighted by atomic mass is 10.1. The van der Waals surface area contributed by atoms with Gasteiger partial charge < -0.3 is 15.0 Å². The highest BCUT2D eigenvalue weighted by atomic mass is 16.5. The summed E-state index contributed by atoms with van der Waals surface area (Å²) in [6, 6.07) is 24.1. The highest BCUT2D eigenvalue weighted by Crippen LogP contribution is 2.24. The SMILES string of the molecule is Cc1cccc(N2CCN(CC(=O)Nc3ccc(OCc4ccccc4)cc3)CC2)c1C. The largest absolute Gasteiger partial charge is 0.489 e. The van der Waals surface area contributed by atoms with Gasteiger partial charge in [-0.1, -0.05) is 42.5 Å². The molecule has 0 radical (unpaired) electrons. The van der Waals surface area contributed by atoms with Crippen LogP contribution >= 0.6 is 0 Å². The molecule has 0 aromatic heterocycles. The van der Waals surface area contributed by atoms with Gasteiger partial charge in [0.05, 0.1) is 6.54 Å². The van der Waals surface area contributed by atoms with E-state index in [9.17, 15) is 4.79 Å². The first-order chi connectivity index (χ1) is 15.6. The van der Waals surface area contributed by atoms with Crippen LogP contribution in [0.5, 0.6) is 5.75 Å². The molecule has 1 aliphatic rings. The number of nitrogens with zero attached hydrogens (tertiary/aromatic N) is 2. The van der Waals surface area contributed by atoms with E-state index in [1.165, 1.54) is 16.8 Å². The monoisotopic (exact) mass is 429 g/mol. The van der Waals surface area contributed by atoms with Crippen molar-refractivity contribution in [3.63, 3.8) is 0 Å². The first-order valence-corrected chi connectivity index (χ1v) is 11.2. The van der Waals surface area contributed by atoms with Crippen LogP contribution < -0.4 is 15.0 Å². The van der Waals surface area contributed by atoms with E-state index in [4.69, 9.17) is 4.74 Å². The predicted molar refractivity (Wildman–Crippen MR) is 130 cm³/mol. The number of carbonyl (C=O) groups is 1. The molecule has 0 bridgehead atoms. The number of piperazine rings is 1. The summed E-state index contributed by atoms with van der Waals surface area (Å²) in [6.07, 6.45) is 0. The molecule has 0 aliphatic carbocycles. The van der Waals surface area contributed by atoms with Gasteiger partial charge in [-0.2, -0.15) is 0 Å². The van der Waals surface area contributed by atoms with Crippen molar-refractivity contribution in [2.45, 2.75) is 20.5 Å². The maximum absolute atomic E-state index is 12.5. The van der Waals surface area contributed by atoms with E-state index in [1.807, 2.05) is 54.6 Å². The van der Waals surface area contributed by atoms with Crippen LogP contribution in [-0.2, 0) is 11.4 Å². The average Bonchev–Trinajstić information content (AvgIpc) is 2.82. The van der Waals surface area contributed by atoms with Crippen molar-refractivity contribution in [2.24, 2.45) is 0 Å². The number of hydrogen-bond acceptors (Lipinski definition) is 4. The van der Waals surface area contributed by atoms with E-state index >= 15 is 0 Å². The third-order valence-corrected chi connectivity index (χ3v) is 6.04. The fraction of sp³-hybridized carbons (Fsp3) is 0.296. The fourth-order valence-electron chi connectivity index (χ4n) is 4.00. The summed E-state index contributed by atoms with van der Waals surface area (Å²) in [5, 5.41) is 3.00. The van der Waals surface area contributed by atoms with Crippen LogP contribution in [0.25, 0.3) is 0 Å². The Bertz CT molecular complexity index is 1030. The number of rotatable bonds is 7. The zero-order chi connectivity index (χ0) is 22.3. The summed E-state index contributed by atoms with van der Waals surface area (Å²) in [5.41, 5.74) is 5.89. The van der Waals surface area contributed by atoms with Crippen molar-refractivity contribution in [2.75, 3.05) is 42.9 Å². The standard InChI is InChI=1S/C27H31N3O2/c1-21-7-6-10-26(22(21)2)30-17-15-29(16-18-30)19-27(31)28-24-11-13-25(14-12-24)32-20-23-8-4-3-5-9-23/h3-14H,15-20H2,1-2H3,(H,28,31). The number of amides is 1. The maximum atomic E-state index is 12.5. The molecule has 1 saturated heterocycles. The normalized spacial score (nSPS) is 14.2. The third kappa shape index (κ3) is 5.68. The number of ether oxygens (including phenoxy) is 1. The highest BCUT2D eigenvalue weighted by molar-refractivity contribution is 5.92. The summed E-state index contributed by atoms with van der Waals surface area (Å²) in [5.74, 6) is 0.803. The fourth-order valence-corrected chi connectivity index (χ4v) is 4.00. The van der Waals surface area contributed by atoms with Crippen LogP contribution in [0.1, 0.15) is 16.7 Å². The van der Waals surface area contributed by atoms with E-state index in [1.54, 1.807) is 0 Å². The van der Waals surface area contributed by atoms with Gasteiger partial charge in [0, 0.05) is 37.6 Å². The van der Waals surface area contributed by atoms with E-state index < -0.39 is 0 Å². The minimum Gasteiger partial charge on any atom is -0.489 e. The summed E-state index contributed by atoms with van der Waals surface area (Å²) in [6.45, 7) is 8.91. The van der Waals surface area contributed by atoms with Crippen molar-refractivity contribution >= 4 is 17.3 Å². The van der Waals surface area contributed by atoms with Gasteiger partial charge in [-0.15, -0.1) is 0 Å². The molecule has 1 aliphatic heterocycles. The highest BCUT2D eigenvalue weighted by Gasteiger charge is 2.20. The molecule has 32 heavy (non-hydrogen) atoms. The van der Waals surface area contributed by atoms with E-state index in [2.05, 4.69) is 47.2 Å². The van der Waals surface area contributed by atoms with Gasteiger partial charge in [-0.05, 0) is 60.9 Å². The first kappa shape index (κ1) is 21.9. The van der Waals surface area contributed by atoms with Gasteiger partial charge in [-0.3, -0.25) is 9.69 Å². The molecule has 3 aromatic carbocycles. The van der Waals surface area contributed by atoms with Crippen LogP contribution in [0.2, 0.25) is 0 Å². The predicted octanol–water partition coefficient (Wildman–Crippen LogP) is 4.64. The average molecular weight is 430 g/mol. The Kier molecular flexibility index (Phi) is 7.07. The molecular formula is C27H31N3O2. The van der Waals surface area contributed by atoms with E-state index in [-0.39, 0.29) is 5.91 Å². The molecule has 1 heterocycles. The van der Waals surface area contributed by atoms with Crippen LogP contribution in [0, 0.1) is 13.8 Å². The molecule has 0 unspecified atom stereocenters. The Morgan fingerprint density at radius 2 is 1.59 bits per heavy atom. The molecule has 5 nitrogen and oxygen atoms in total. The molecule has 5 heteroatoms. The second-order valence-electron chi connectivity index (χ2n) is 8.33. The number of anilines is 2. The molecular weight excluding hydrogens is 398 g/mol. The van der Waals surface area contributed by atoms with Crippen molar-refractivity contribution in [1.82, 2.24) is 4.90 Å². The van der Waals surface area contributed by atoms with Gasteiger partial charge in [-0.25, -0.2) is 0 Å². The smallest absolute Gasteiger partial charge is 0.238 e. The van der Waals surface area contributed by atoms with Crippen molar-refractivity contribution in [3.05, 3.63) is 89.5 Å². The number of nitrogens with one attached hydrogen (secondary N) is 1. The molecule has 1 amide bonds. The first-order valence-electron chi connectivity index (χ1n) is 11.2. The Morgan fingerprint density at radius 3 is 2.31 bits per heavy atom. The zero-order valence-corrected chi connectivity index (χ0v) is 18.9. The van der Waals surface area contributed by atoms with Crippen molar-refractivity contribution in [3.8, 4) is 5.75 Å². The van der Waals surface area contributed by atoms with Gasteiger partial charge in [0.15, 0.2) is 0 Å². The second kappa shape index (κ2) is 10.3. The van der Waals surface area contributed by atoms with Crippen LogP contribution in [0.4, 0.5) is 11.4 Å². The molecule has 0 saturated carbocycles. The maximum Gasteiger partial charge on any atom is 0.238 e. The van der Waals surface area contributed by atoms with Gasteiger partial charge in [0.1, 0.15) is 12.4 Å². The lowest BCUT2D eigenvalue weighted by molar-refractivity contribution is -0.117. The van der Waals surface area contributed by atoms with Gasteiger partial charge >= 0.3 is 0 Å². The molecule has 0 spiro atoms. The number of benzene rings is 3. The summed E-state index contributed by atoms with van der Waals surface area (Å²) in [7, 11) is 0. The van der Waals surface area contributed by atoms with Gasteiger partial charge in [0.2, 0.25) is 5.91 Å². The topological polar surface area (TPSA) is 44.8 Å². The van der Waals surface area contributed by atoms with E-state index in [0.717, 1.165) is 43.2 Å². The zero-order valence-electron chi connectivity index (χ0n) is 18.9. The van der Waals surface area contributed by atoms with Crippen molar-refractivity contribution < 1.29 is 9.53 Å². The minimum atomic E-state index is 0.0168. The summed E-state index contributed by atoms with van der Waals surface area (Å²) < 4.78 is 5.81. The second-order valence-corrected chi connectivity index (χ2v) is 8.33. The quantitative estimate of drug-likeness (QED) is 0.594. The number of aryl methyl sites for hydroxylation is 1. The minimum absolute atomic E-state index is 0.0168.